The summed E-state index contributed by atoms with van der Waals surface area (Å²) in [6, 6.07) is 0. The largest absolute Gasteiger partial charge is 0.481 e. The Morgan fingerprint density at radius 1 is 1.37 bits per heavy atom. The van der Waals surface area contributed by atoms with Gasteiger partial charge in [-0.15, -0.1) is 11.3 Å². The van der Waals surface area contributed by atoms with Gasteiger partial charge in [0.25, 0.3) is 0 Å². The van der Waals surface area contributed by atoms with Crippen LogP contribution in [-0.2, 0) is 16.0 Å². The van der Waals surface area contributed by atoms with Crippen molar-refractivity contribution in [2.24, 2.45) is 11.8 Å². The molecule has 0 saturated carbocycles. The van der Waals surface area contributed by atoms with Crippen LogP contribution in [-0.4, -0.2) is 28.5 Å². The first-order valence-corrected chi connectivity index (χ1v) is 7.10. The molecule has 6 heteroatoms. The number of nitrogens with one attached hydrogen (secondary N) is 1. The molecule has 19 heavy (non-hydrogen) atoms. The minimum atomic E-state index is -0.899. The summed E-state index contributed by atoms with van der Waals surface area (Å²) in [5.41, 5.74) is 0. The van der Waals surface area contributed by atoms with E-state index >= 15 is 0 Å². The lowest BCUT2D eigenvalue weighted by atomic mass is 9.82. The maximum absolute atomic E-state index is 12.0. The van der Waals surface area contributed by atoms with Crippen LogP contribution in [0, 0.1) is 11.8 Å². The summed E-state index contributed by atoms with van der Waals surface area (Å²) >= 11 is 1.55. The Bertz CT molecular complexity index is 470. The van der Waals surface area contributed by atoms with E-state index in [0.29, 0.717) is 25.8 Å². The third kappa shape index (κ3) is 3.64. The number of nitrogens with zero attached hydrogens (tertiary/aromatic N) is 1. The van der Waals surface area contributed by atoms with Crippen LogP contribution in [0.4, 0.5) is 0 Å². The molecule has 2 rings (SSSR count). The van der Waals surface area contributed by atoms with Crippen LogP contribution in [0.2, 0.25) is 0 Å². The molecule has 5 nitrogen and oxygen atoms in total. The lowest BCUT2D eigenvalue weighted by molar-refractivity contribution is -0.147. The summed E-state index contributed by atoms with van der Waals surface area (Å²) < 4.78 is 0. The highest BCUT2D eigenvalue weighted by atomic mass is 32.1. The number of aliphatic carboxylic acids is 1. The number of amides is 1. The second-order valence-corrected chi connectivity index (χ2v) is 5.44. The molecule has 0 fully saturated rings. The topological polar surface area (TPSA) is 79.3 Å². The number of rotatable bonds is 5. The molecule has 1 aromatic rings. The summed E-state index contributed by atoms with van der Waals surface area (Å²) in [7, 11) is 0. The molecule has 0 saturated heterocycles. The van der Waals surface area contributed by atoms with Gasteiger partial charge in [0, 0.05) is 24.5 Å². The molecular formula is C13H16N2O3S. The molecule has 0 radical (unpaired) electrons. The number of hydrogen-bond donors (Lipinski definition) is 2. The van der Waals surface area contributed by atoms with Gasteiger partial charge in [0.2, 0.25) is 5.91 Å². The minimum Gasteiger partial charge on any atom is -0.481 e. The molecule has 2 atom stereocenters. The van der Waals surface area contributed by atoms with Crippen molar-refractivity contribution in [3.05, 3.63) is 28.7 Å². The zero-order chi connectivity index (χ0) is 13.7. The smallest absolute Gasteiger partial charge is 0.307 e. The van der Waals surface area contributed by atoms with E-state index in [0.717, 1.165) is 5.01 Å². The minimum absolute atomic E-state index is 0.173. The van der Waals surface area contributed by atoms with Crippen molar-refractivity contribution in [3.63, 3.8) is 0 Å². The van der Waals surface area contributed by atoms with E-state index in [1.54, 1.807) is 17.5 Å². The van der Waals surface area contributed by atoms with Crippen molar-refractivity contribution >= 4 is 23.2 Å². The summed E-state index contributed by atoms with van der Waals surface area (Å²) in [5.74, 6) is -2.14. The second kappa shape index (κ2) is 6.47. The molecule has 0 bridgehead atoms. The lowest BCUT2D eigenvalue weighted by Crippen LogP contribution is -2.39. The highest BCUT2D eigenvalue weighted by Gasteiger charge is 2.33. The van der Waals surface area contributed by atoms with E-state index in [4.69, 9.17) is 5.11 Å². The highest BCUT2D eigenvalue weighted by molar-refractivity contribution is 7.09. The van der Waals surface area contributed by atoms with Crippen LogP contribution in [0.15, 0.2) is 23.7 Å². The van der Waals surface area contributed by atoms with Crippen molar-refractivity contribution < 1.29 is 14.7 Å². The first-order valence-electron chi connectivity index (χ1n) is 6.22. The Labute approximate surface area is 115 Å². The Balaban J connectivity index is 1.84. The summed E-state index contributed by atoms with van der Waals surface area (Å²) in [6.07, 6.45) is 7.06. The van der Waals surface area contributed by atoms with Gasteiger partial charge in [-0.2, -0.15) is 0 Å². The van der Waals surface area contributed by atoms with Gasteiger partial charge < -0.3 is 10.4 Å². The molecule has 0 aromatic carbocycles. The van der Waals surface area contributed by atoms with Crippen molar-refractivity contribution in [1.82, 2.24) is 10.3 Å². The maximum Gasteiger partial charge on any atom is 0.307 e. The molecule has 1 aliphatic carbocycles. The predicted molar refractivity (Wildman–Crippen MR) is 71.8 cm³/mol. The first kappa shape index (κ1) is 13.7. The van der Waals surface area contributed by atoms with Gasteiger partial charge in [-0.1, -0.05) is 12.2 Å². The van der Waals surface area contributed by atoms with Crippen molar-refractivity contribution in [1.29, 1.82) is 0 Å². The average molecular weight is 280 g/mol. The van der Waals surface area contributed by atoms with Crippen LogP contribution in [0.5, 0.6) is 0 Å². The van der Waals surface area contributed by atoms with Gasteiger partial charge >= 0.3 is 5.97 Å². The van der Waals surface area contributed by atoms with Crippen molar-refractivity contribution in [2.75, 3.05) is 6.54 Å². The van der Waals surface area contributed by atoms with E-state index in [9.17, 15) is 9.59 Å². The van der Waals surface area contributed by atoms with Gasteiger partial charge in [0.15, 0.2) is 0 Å². The SMILES string of the molecule is O=C(O)[C@H]1CC=CC[C@H]1C(=O)NCCc1nccs1. The van der Waals surface area contributed by atoms with Crippen LogP contribution in [0.25, 0.3) is 0 Å². The number of carbonyl (C=O) groups is 2. The summed E-state index contributed by atoms with van der Waals surface area (Å²) in [6.45, 7) is 0.499. The molecule has 0 unspecified atom stereocenters. The predicted octanol–water partition coefficient (Wildman–Crippen LogP) is 1.47. The van der Waals surface area contributed by atoms with Crippen LogP contribution < -0.4 is 5.32 Å². The average Bonchev–Trinajstić information content (AvgIpc) is 2.91. The summed E-state index contributed by atoms with van der Waals surface area (Å²) in [4.78, 5) is 27.3. The normalized spacial score (nSPS) is 22.1. The maximum atomic E-state index is 12.0. The number of carbonyl (C=O) groups excluding carboxylic acids is 1. The molecule has 1 heterocycles. The van der Waals surface area contributed by atoms with Gasteiger partial charge in [-0.3, -0.25) is 9.59 Å². The highest BCUT2D eigenvalue weighted by Crippen LogP contribution is 2.25. The number of allylic oxidation sites excluding steroid dienone is 2. The van der Waals surface area contributed by atoms with Crippen molar-refractivity contribution in [3.8, 4) is 0 Å². The molecule has 0 spiro atoms. The van der Waals surface area contributed by atoms with E-state index in [2.05, 4.69) is 10.3 Å². The van der Waals surface area contributed by atoms with Gasteiger partial charge in [0.05, 0.1) is 16.8 Å². The number of carboxylic acid groups (broad SMARTS) is 1. The van der Waals surface area contributed by atoms with Gasteiger partial charge in [-0.25, -0.2) is 4.98 Å². The Hall–Kier alpha value is -1.69. The van der Waals surface area contributed by atoms with E-state index in [-0.39, 0.29) is 5.91 Å². The number of aromatic nitrogens is 1. The molecule has 102 valence electrons. The Morgan fingerprint density at radius 2 is 2.11 bits per heavy atom. The Morgan fingerprint density at radius 3 is 2.74 bits per heavy atom. The molecule has 1 aliphatic rings. The number of hydrogen-bond acceptors (Lipinski definition) is 4. The van der Waals surface area contributed by atoms with E-state index in [1.807, 2.05) is 17.5 Å². The molecular weight excluding hydrogens is 264 g/mol. The van der Waals surface area contributed by atoms with Crippen LogP contribution in [0.3, 0.4) is 0 Å². The molecule has 0 aliphatic heterocycles. The quantitative estimate of drug-likeness (QED) is 0.800. The fourth-order valence-electron chi connectivity index (χ4n) is 2.18. The van der Waals surface area contributed by atoms with Crippen molar-refractivity contribution in [2.45, 2.75) is 19.3 Å². The third-order valence-corrected chi connectivity index (χ3v) is 4.05. The van der Waals surface area contributed by atoms with Crippen LogP contribution >= 0.6 is 11.3 Å². The zero-order valence-corrected chi connectivity index (χ0v) is 11.2. The number of carboxylic acids is 1. The van der Waals surface area contributed by atoms with Crippen LogP contribution in [0.1, 0.15) is 17.8 Å². The Kier molecular flexibility index (Phi) is 4.68. The standard InChI is InChI=1S/C13H16N2O3S/c16-12(15-6-5-11-14-7-8-19-11)9-3-1-2-4-10(9)13(17)18/h1-2,7-10H,3-6H2,(H,15,16)(H,17,18)/t9-,10+/m1/s1. The third-order valence-electron chi connectivity index (χ3n) is 3.21. The molecule has 1 aromatic heterocycles. The lowest BCUT2D eigenvalue weighted by Gasteiger charge is -2.24. The van der Waals surface area contributed by atoms with E-state index in [1.165, 1.54) is 0 Å². The zero-order valence-electron chi connectivity index (χ0n) is 10.4. The fourth-order valence-corrected chi connectivity index (χ4v) is 2.80. The first-order chi connectivity index (χ1) is 9.18. The van der Waals surface area contributed by atoms with Gasteiger partial charge in [0.1, 0.15) is 0 Å². The van der Waals surface area contributed by atoms with E-state index < -0.39 is 17.8 Å². The number of thiazole rings is 1. The molecule has 1 amide bonds. The summed E-state index contributed by atoms with van der Waals surface area (Å²) in [5, 5.41) is 14.8. The molecule has 2 N–H and O–H groups in total. The monoisotopic (exact) mass is 280 g/mol. The van der Waals surface area contributed by atoms with Gasteiger partial charge in [-0.05, 0) is 12.8 Å². The fraction of sp³-hybridized carbons (Fsp3) is 0.462. The second-order valence-electron chi connectivity index (χ2n) is 4.46.